The van der Waals surface area contributed by atoms with Gasteiger partial charge in [0.15, 0.2) is 0 Å². The Morgan fingerprint density at radius 3 is 2.00 bits per heavy atom. The van der Waals surface area contributed by atoms with E-state index in [1.807, 2.05) is 17.0 Å². The predicted molar refractivity (Wildman–Crippen MR) is 144 cm³/mol. The van der Waals surface area contributed by atoms with Crippen molar-refractivity contribution in [2.45, 2.75) is 78.3 Å². The Morgan fingerprint density at radius 1 is 0.943 bits per heavy atom. The third kappa shape index (κ3) is 8.34. The summed E-state index contributed by atoms with van der Waals surface area (Å²) < 4.78 is 13.1. The number of rotatable bonds is 11. The number of hydrogen-bond acceptors (Lipinski definition) is 3. The van der Waals surface area contributed by atoms with Gasteiger partial charge < -0.3 is 15.5 Å². The maximum Gasteiger partial charge on any atom is 0.239 e. The maximum atomic E-state index is 13.1. The Balaban J connectivity index is 1.61. The normalized spacial score (nSPS) is 15.6. The van der Waals surface area contributed by atoms with E-state index >= 15 is 0 Å². The number of carbonyl (C=O) groups is 1. The van der Waals surface area contributed by atoms with E-state index in [1.54, 1.807) is 0 Å². The summed E-state index contributed by atoms with van der Waals surface area (Å²) in [5.74, 6) is 0.990. The van der Waals surface area contributed by atoms with Gasteiger partial charge in [-0.3, -0.25) is 4.79 Å². The largest absolute Gasteiger partial charge is 0.368 e. The number of nitrogens with zero attached hydrogens (tertiary/aromatic N) is 2. The molecule has 1 aliphatic rings. The lowest BCUT2D eigenvalue weighted by Gasteiger charge is -2.41. The van der Waals surface area contributed by atoms with Crippen molar-refractivity contribution >= 4 is 11.6 Å². The quantitative estimate of drug-likeness (QED) is 0.439. The lowest BCUT2D eigenvalue weighted by Crippen LogP contribution is -2.51. The SMILES string of the molecule is CC(C)CCN(c1ccc(CCc2ccc(F)cc2)cc1)C1CCN(C(=O)C(N)CC(C)C)CC1. The van der Waals surface area contributed by atoms with E-state index in [4.69, 9.17) is 5.73 Å². The summed E-state index contributed by atoms with van der Waals surface area (Å²) in [6.07, 6.45) is 5.68. The van der Waals surface area contributed by atoms with Crippen LogP contribution in [-0.4, -0.2) is 42.5 Å². The number of piperidine rings is 1. The van der Waals surface area contributed by atoms with Gasteiger partial charge in [0.2, 0.25) is 5.91 Å². The molecule has 4 nitrogen and oxygen atoms in total. The van der Waals surface area contributed by atoms with E-state index in [2.05, 4.69) is 56.9 Å². The first-order valence-electron chi connectivity index (χ1n) is 13.4. The van der Waals surface area contributed by atoms with Gasteiger partial charge in [-0.1, -0.05) is 52.0 Å². The van der Waals surface area contributed by atoms with E-state index < -0.39 is 0 Å². The summed E-state index contributed by atoms with van der Waals surface area (Å²) in [5, 5.41) is 0. The van der Waals surface area contributed by atoms with Crippen LogP contribution in [0.4, 0.5) is 10.1 Å². The van der Waals surface area contributed by atoms with Crippen LogP contribution in [0.1, 0.15) is 64.5 Å². The third-order valence-electron chi connectivity index (χ3n) is 7.09. The van der Waals surface area contributed by atoms with Crippen LogP contribution in [0.5, 0.6) is 0 Å². The highest BCUT2D eigenvalue weighted by Crippen LogP contribution is 2.26. The molecule has 0 saturated carbocycles. The first-order chi connectivity index (χ1) is 16.7. The van der Waals surface area contributed by atoms with E-state index in [9.17, 15) is 9.18 Å². The molecule has 1 aliphatic heterocycles. The second kappa shape index (κ2) is 13.1. The van der Waals surface area contributed by atoms with Crippen LogP contribution in [0.2, 0.25) is 0 Å². The van der Waals surface area contributed by atoms with Crippen molar-refractivity contribution in [3.8, 4) is 0 Å². The average Bonchev–Trinajstić information content (AvgIpc) is 2.84. The maximum absolute atomic E-state index is 13.1. The Hall–Kier alpha value is -2.40. The highest BCUT2D eigenvalue weighted by atomic mass is 19.1. The van der Waals surface area contributed by atoms with Gasteiger partial charge in [-0.05, 0) is 85.8 Å². The minimum atomic E-state index is -0.383. The van der Waals surface area contributed by atoms with Gasteiger partial charge in [0, 0.05) is 31.4 Å². The number of nitrogens with two attached hydrogens (primary N) is 1. The summed E-state index contributed by atoms with van der Waals surface area (Å²) >= 11 is 0. The lowest BCUT2D eigenvalue weighted by atomic mass is 9.98. The first kappa shape index (κ1) is 27.2. The molecule has 0 radical (unpaired) electrons. The van der Waals surface area contributed by atoms with Crippen LogP contribution in [0.15, 0.2) is 48.5 Å². The summed E-state index contributed by atoms with van der Waals surface area (Å²) in [4.78, 5) is 17.3. The third-order valence-corrected chi connectivity index (χ3v) is 7.09. The van der Waals surface area contributed by atoms with Gasteiger partial charge in [-0.25, -0.2) is 4.39 Å². The Morgan fingerprint density at radius 2 is 1.49 bits per heavy atom. The molecule has 3 rings (SSSR count). The predicted octanol–water partition coefficient (Wildman–Crippen LogP) is 5.83. The molecule has 1 amide bonds. The molecular weight excluding hydrogens is 437 g/mol. The van der Waals surface area contributed by atoms with Crippen molar-refractivity contribution in [3.63, 3.8) is 0 Å². The number of carbonyl (C=O) groups excluding carboxylic acids is 1. The minimum absolute atomic E-state index is 0.108. The van der Waals surface area contributed by atoms with Crippen LogP contribution in [0, 0.1) is 17.7 Å². The fraction of sp³-hybridized carbons (Fsp3) is 0.567. The number of benzene rings is 2. The molecule has 1 unspecified atom stereocenters. The summed E-state index contributed by atoms with van der Waals surface area (Å²) in [6, 6.07) is 15.8. The summed E-state index contributed by atoms with van der Waals surface area (Å²) in [5.41, 5.74) is 9.89. The molecule has 0 spiro atoms. The van der Waals surface area contributed by atoms with Gasteiger partial charge >= 0.3 is 0 Å². The number of aryl methyl sites for hydroxylation is 2. The van der Waals surface area contributed by atoms with Crippen molar-refractivity contribution in [2.75, 3.05) is 24.5 Å². The van der Waals surface area contributed by atoms with Crippen LogP contribution in [0.25, 0.3) is 0 Å². The molecule has 1 heterocycles. The molecule has 2 N–H and O–H groups in total. The average molecular weight is 482 g/mol. The molecule has 1 fully saturated rings. The molecule has 1 atom stereocenters. The van der Waals surface area contributed by atoms with Crippen LogP contribution in [0.3, 0.4) is 0 Å². The molecule has 192 valence electrons. The van der Waals surface area contributed by atoms with E-state index in [-0.39, 0.29) is 17.8 Å². The molecule has 0 bridgehead atoms. The molecule has 0 aromatic heterocycles. The molecule has 5 heteroatoms. The molecule has 0 aliphatic carbocycles. The highest BCUT2D eigenvalue weighted by molar-refractivity contribution is 5.81. The minimum Gasteiger partial charge on any atom is -0.368 e. The van der Waals surface area contributed by atoms with Gasteiger partial charge in [0.25, 0.3) is 0 Å². The van der Waals surface area contributed by atoms with Crippen molar-refractivity contribution in [3.05, 3.63) is 65.5 Å². The molecule has 2 aromatic carbocycles. The highest BCUT2D eigenvalue weighted by Gasteiger charge is 2.29. The zero-order chi connectivity index (χ0) is 25.4. The molecule has 1 saturated heterocycles. The van der Waals surface area contributed by atoms with E-state index in [0.717, 1.165) is 63.7 Å². The molecular formula is C30H44FN3O. The number of anilines is 1. The topological polar surface area (TPSA) is 49.6 Å². The smallest absolute Gasteiger partial charge is 0.239 e. The second-order valence-electron chi connectivity index (χ2n) is 11.0. The van der Waals surface area contributed by atoms with Crippen molar-refractivity contribution in [1.82, 2.24) is 4.90 Å². The lowest BCUT2D eigenvalue weighted by molar-refractivity contribution is -0.134. The van der Waals surface area contributed by atoms with Gasteiger partial charge in [-0.15, -0.1) is 0 Å². The number of halogens is 1. The zero-order valence-corrected chi connectivity index (χ0v) is 22.1. The van der Waals surface area contributed by atoms with Crippen molar-refractivity contribution in [1.29, 1.82) is 0 Å². The number of hydrogen-bond donors (Lipinski definition) is 1. The first-order valence-corrected chi connectivity index (χ1v) is 13.4. The summed E-state index contributed by atoms with van der Waals surface area (Å²) in [7, 11) is 0. The Kier molecular flexibility index (Phi) is 10.1. The fourth-order valence-corrected chi connectivity index (χ4v) is 4.95. The standard InChI is InChI=1S/C30H44FN3O/c1-22(2)15-20-34(28-16-18-33(19-17-28)30(35)29(32)21-23(3)4)27-13-9-25(10-14-27)6-5-24-7-11-26(31)12-8-24/h7-14,22-23,28-29H,5-6,15-21,32H2,1-4H3. The Labute approximate surface area is 211 Å². The molecule has 2 aromatic rings. The van der Waals surface area contributed by atoms with Crippen LogP contribution < -0.4 is 10.6 Å². The van der Waals surface area contributed by atoms with E-state index in [0.29, 0.717) is 17.9 Å². The van der Waals surface area contributed by atoms with Crippen molar-refractivity contribution in [2.24, 2.45) is 17.6 Å². The Bertz CT molecular complexity index is 902. The van der Waals surface area contributed by atoms with E-state index in [1.165, 1.54) is 23.4 Å². The second-order valence-corrected chi connectivity index (χ2v) is 11.0. The van der Waals surface area contributed by atoms with Gasteiger partial charge in [0.1, 0.15) is 5.82 Å². The van der Waals surface area contributed by atoms with Crippen molar-refractivity contribution < 1.29 is 9.18 Å². The molecule has 35 heavy (non-hydrogen) atoms. The summed E-state index contributed by atoms with van der Waals surface area (Å²) in [6.45, 7) is 11.4. The van der Waals surface area contributed by atoms with Crippen LogP contribution in [-0.2, 0) is 17.6 Å². The zero-order valence-electron chi connectivity index (χ0n) is 22.1. The van der Waals surface area contributed by atoms with Gasteiger partial charge in [0.05, 0.1) is 6.04 Å². The van der Waals surface area contributed by atoms with Crippen LogP contribution >= 0.6 is 0 Å². The fourth-order valence-electron chi connectivity index (χ4n) is 4.95. The monoisotopic (exact) mass is 481 g/mol. The number of likely N-dealkylation sites (tertiary alicyclic amines) is 1. The number of amides is 1. The van der Waals surface area contributed by atoms with Gasteiger partial charge in [-0.2, -0.15) is 0 Å².